The minimum absolute atomic E-state index is 0.0472. The summed E-state index contributed by atoms with van der Waals surface area (Å²) in [5.41, 5.74) is 1.16. The fraction of sp³-hybridized carbons (Fsp3) is 0.350. The molecule has 2 aromatic rings. The Morgan fingerprint density at radius 3 is 2.71 bits per heavy atom. The van der Waals surface area contributed by atoms with Gasteiger partial charge in [-0.1, -0.05) is 18.2 Å². The number of hydrogen-bond acceptors (Lipinski definition) is 5. The van der Waals surface area contributed by atoms with Crippen molar-refractivity contribution in [2.75, 3.05) is 25.0 Å². The molecule has 1 heterocycles. The van der Waals surface area contributed by atoms with Gasteiger partial charge >= 0.3 is 0 Å². The summed E-state index contributed by atoms with van der Waals surface area (Å²) < 4.78 is 39.0. The standard InChI is InChI=1S/C20H24N2O5S/c1-14-9-10-15(20(23)21-16-6-5-11-27-13-16)12-19(14)28(24,25)22-17-7-3-4-8-18(17)26-2/h3-4,7-10,12,16,22H,5-6,11,13H2,1-2H3,(H,21,23). The Morgan fingerprint density at radius 2 is 2.00 bits per heavy atom. The van der Waals surface area contributed by atoms with Gasteiger partial charge < -0.3 is 14.8 Å². The van der Waals surface area contributed by atoms with Crippen LogP contribution in [0.1, 0.15) is 28.8 Å². The van der Waals surface area contributed by atoms with Crippen LogP contribution in [0.3, 0.4) is 0 Å². The molecule has 28 heavy (non-hydrogen) atoms. The molecule has 0 bridgehead atoms. The van der Waals surface area contributed by atoms with E-state index in [1.54, 1.807) is 43.3 Å². The van der Waals surface area contributed by atoms with Crippen LogP contribution in [0.25, 0.3) is 0 Å². The van der Waals surface area contributed by atoms with E-state index in [9.17, 15) is 13.2 Å². The number of ether oxygens (including phenoxy) is 2. The molecular weight excluding hydrogens is 380 g/mol. The Labute approximate surface area is 165 Å². The van der Waals surface area contributed by atoms with Gasteiger partial charge in [-0.25, -0.2) is 8.42 Å². The van der Waals surface area contributed by atoms with Gasteiger partial charge in [0.1, 0.15) is 5.75 Å². The number of nitrogens with one attached hydrogen (secondary N) is 2. The Balaban J connectivity index is 1.84. The molecule has 2 aromatic carbocycles. The predicted molar refractivity (Wildman–Crippen MR) is 106 cm³/mol. The minimum atomic E-state index is -3.90. The lowest BCUT2D eigenvalue weighted by Crippen LogP contribution is -2.40. The second-order valence-corrected chi connectivity index (χ2v) is 8.32. The maximum atomic E-state index is 12.9. The van der Waals surface area contributed by atoms with Gasteiger partial charge in [-0.05, 0) is 49.6 Å². The summed E-state index contributed by atoms with van der Waals surface area (Å²) in [6.07, 6.45) is 1.74. The smallest absolute Gasteiger partial charge is 0.262 e. The average molecular weight is 404 g/mol. The molecular formula is C20H24N2O5S. The Morgan fingerprint density at radius 1 is 1.21 bits per heavy atom. The number of carbonyl (C=O) groups excluding carboxylic acids is 1. The molecule has 1 saturated heterocycles. The van der Waals surface area contributed by atoms with Gasteiger partial charge in [0.15, 0.2) is 0 Å². The van der Waals surface area contributed by atoms with Crippen LogP contribution in [-0.2, 0) is 14.8 Å². The lowest BCUT2D eigenvalue weighted by molar-refractivity contribution is 0.0624. The summed E-state index contributed by atoms with van der Waals surface area (Å²) in [6.45, 7) is 2.86. The van der Waals surface area contributed by atoms with Crippen molar-refractivity contribution in [3.8, 4) is 5.75 Å². The molecule has 1 aliphatic heterocycles. The lowest BCUT2D eigenvalue weighted by Gasteiger charge is -2.23. The third-order valence-corrected chi connectivity index (χ3v) is 6.09. The van der Waals surface area contributed by atoms with Gasteiger partial charge in [0.05, 0.1) is 30.3 Å². The van der Waals surface area contributed by atoms with Crippen molar-refractivity contribution >= 4 is 21.6 Å². The summed E-state index contributed by atoms with van der Waals surface area (Å²) in [6, 6.07) is 11.3. The van der Waals surface area contributed by atoms with Crippen molar-refractivity contribution in [3.05, 3.63) is 53.6 Å². The normalized spacial score (nSPS) is 17.0. The van der Waals surface area contributed by atoms with E-state index in [1.165, 1.54) is 13.2 Å². The van der Waals surface area contributed by atoms with Gasteiger partial charge in [-0.2, -0.15) is 0 Å². The molecule has 0 spiro atoms. The minimum Gasteiger partial charge on any atom is -0.495 e. The number of aryl methyl sites for hydroxylation is 1. The van der Waals surface area contributed by atoms with E-state index < -0.39 is 10.0 Å². The molecule has 3 rings (SSSR count). The van der Waals surface area contributed by atoms with Crippen LogP contribution >= 0.6 is 0 Å². The molecule has 0 aliphatic carbocycles. The number of para-hydroxylation sites is 2. The fourth-order valence-corrected chi connectivity index (χ4v) is 4.42. The van der Waals surface area contributed by atoms with Crippen molar-refractivity contribution in [1.29, 1.82) is 0 Å². The van der Waals surface area contributed by atoms with Gasteiger partial charge in [0, 0.05) is 12.2 Å². The molecule has 1 unspecified atom stereocenters. The van der Waals surface area contributed by atoms with Crippen LogP contribution in [0.15, 0.2) is 47.4 Å². The third kappa shape index (κ3) is 4.63. The maximum absolute atomic E-state index is 12.9. The van der Waals surface area contributed by atoms with Gasteiger partial charge in [-0.15, -0.1) is 0 Å². The first-order chi connectivity index (χ1) is 13.4. The van der Waals surface area contributed by atoms with E-state index in [0.717, 1.165) is 12.8 Å². The van der Waals surface area contributed by atoms with E-state index in [1.807, 2.05) is 0 Å². The van der Waals surface area contributed by atoms with Gasteiger partial charge in [0.25, 0.3) is 15.9 Å². The Hall–Kier alpha value is -2.58. The van der Waals surface area contributed by atoms with Crippen molar-refractivity contribution in [1.82, 2.24) is 5.32 Å². The molecule has 0 radical (unpaired) electrons. The molecule has 2 N–H and O–H groups in total. The van der Waals surface area contributed by atoms with Crippen LogP contribution in [0.5, 0.6) is 5.75 Å². The SMILES string of the molecule is COc1ccccc1NS(=O)(=O)c1cc(C(=O)NC2CCCOC2)ccc1C. The first-order valence-electron chi connectivity index (χ1n) is 9.06. The number of amides is 1. The molecule has 7 nitrogen and oxygen atoms in total. The summed E-state index contributed by atoms with van der Waals surface area (Å²) in [7, 11) is -2.43. The topological polar surface area (TPSA) is 93.7 Å². The van der Waals surface area contributed by atoms with E-state index >= 15 is 0 Å². The highest BCUT2D eigenvalue weighted by molar-refractivity contribution is 7.92. The number of sulfonamides is 1. The van der Waals surface area contributed by atoms with Crippen molar-refractivity contribution in [3.63, 3.8) is 0 Å². The molecule has 1 aliphatic rings. The summed E-state index contributed by atoms with van der Waals surface area (Å²) >= 11 is 0. The molecule has 150 valence electrons. The number of carbonyl (C=O) groups is 1. The Kier molecular flexibility index (Phi) is 6.21. The second kappa shape index (κ2) is 8.62. The first-order valence-corrected chi connectivity index (χ1v) is 10.5. The van der Waals surface area contributed by atoms with Crippen LogP contribution in [0.4, 0.5) is 5.69 Å². The summed E-state index contributed by atoms with van der Waals surface area (Å²) in [5.74, 6) is 0.0964. The zero-order chi connectivity index (χ0) is 20.1. The molecule has 0 aromatic heterocycles. The van der Waals surface area contributed by atoms with Gasteiger partial charge in [0.2, 0.25) is 0 Å². The quantitative estimate of drug-likeness (QED) is 0.772. The molecule has 1 fully saturated rings. The maximum Gasteiger partial charge on any atom is 0.262 e. The third-order valence-electron chi connectivity index (χ3n) is 4.59. The lowest BCUT2D eigenvalue weighted by atomic mass is 10.1. The molecule has 1 atom stereocenters. The zero-order valence-electron chi connectivity index (χ0n) is 15.9. The number of methoxy groups -OCH3 is 1. The van der Waals surface area contributed by atoms with Crippen LogP contribution in [-0.4, -0.2) is 40.7 Å². The summed E-state index contributed by atoms with van der Waals surface area (Å²) in [4.78, 5) is 12.6. The molecule has 8 heteroatoms. The number of anilines is 1. The number of hydrogen-bond donors (Lipinski definition) is 2. The zero-order valence-corrected chi connectivity index (χ0v) is 16.7. The largest absolute Gasteiger partial charge is 0.495 e. The fourth-order valence-electron chi connectivity index (χ4n) is 3.08. The van der Waals surface area contributed by atoms with Crippen molar-refractivity contribution < 1.29 is 22.7 Å². The molecule has 0 saturated carbocycles. The van der Waals surface area contributed by atoms with Crippen molar-refractivity contribution in [2.24, 2.45) is 0 Å². The van der Waals surface area contributed by atoms with E-state index in [4.69, 9.17) is 9.47 Å². The second-order valence-electron chi connectivity index (χ2n) is 6.67. The summed E-state index contributed by atoms with van der Waals surface area (Å²) in [5, 5.41) is 2.90. The van der Waals surface area contributed by atoms with E-state index in [0.29, 0.717) is 30.2 Å². The highest BCUT2D eigenvalue weighted by Crippen LogP contribution is 2.27. The number of benzene rings is 2. The first kappa shape index (κ1) is 20.2. The number of rotatable bonds is 6. The van der Waals surface area contributed by atoms with Crippen molar-refractivity contribution in [2.45, 2.75) is 30.7 Å². The van der Waals surface area contributed by atoms with Crippen LogP contribution in [0.2, 0.25) is 0 Å². The van der Waals surface area contributed by atoms with Crippen LogP contribution < -0.4 is 14.8 Å². The average Bonchev–Trinajstić information content (AvgIpc) is 2.69. The Bertz CT molecular complexity index is 953. The predicted octanol–water partition coefficient (Wildman–Crippen LogP) is 2.71. The highest BCUT2D eigenvalue weighted by atomic mass is 32.2. The van der Waals surface area contributed by atoms with E-state index in [-0.39, 0.29) is 22.4 Å². The highest BCUT2D eigenvalue weighted by Gasteiger charge is 2.22. The molecule has 1 amide bonds. The van der Waals surface area contributed by atoms with E-state index in [2.05, 4.69) is 10.0 Å². The van der Waals surface area contributed by atoms with Gasteiger partial charge in [-0.3, -0.25) is 9.52 Å². The monoisotopic (exact) mass is 404 g/mol. The van der Waals surface area contributed by atoms with Crippen LogP contribution in [0, 0.1) is 6.92 Å².